The van der Waals surface area contributed by atoms with Gasteiger partial charge in [-0.1, -0.05) is 68.8 Å². The van der Waals surface area contributed by atoms with E-state index >= 15 is 0 Å². The number of rotatable bonds is 4. The summed E-state index contributed by atoms with van der Waals surface area (Å²) in [5.41, 5.74) is 3.48. The van der Waals surface area contributed by atoms with Crippen molar-refractivity contribution in [2.75, 3.05) is 0 Å². The average molecular weight is 330 g/mol. The number of nitrogens with one attached hydrogen (secondary N) is 1. The van der Waals surface area contributed by atoms with Crippen LogP contribution in [-0.2, 0) is 16.6 Å². The van der Waals surface area contributed by atoms with Crippen molar-refractivity contribution in [3.05, 3.63) is 70.2 Å². The van der Waals surface area contributed by atoms with Crippen LogP contribution in [0.25, 0.3) is 0 Å². The van der Waals surface area contributed by atoms with Gasteiger partial charge < -0.3 is 5.32 Å². The first kappa shape index (κ1) is 17.6. The van der Waals surface area contributed by atoms with Crippen LogP contribution in [0.5, 0.6) is 0 Å². The van der Waals surface area contributed by atoms with E-state index in [0.717, 1.165) is 11.1 Å². The lowest BCUT2D eigenvalue weighted by atomic mass is 9.86. The molecule has 2 rings (SSSR count). The third-order valence-electron chi connectivity index (χ3n) is 3.93. The molecule has 2 aromatic rings. The molecule has 0 fully saturated rings. The SMILES string of the molecule is C[C@@H](NC(=O)Cc1ccc(C(C)(C)C)cc1)c1ccc(Cl)cc1. The van der Waals surface area contributed by atoms with E-state index < -0.39 is 0 Å². The van der Waals surface area contributed by atoms with Gasteiger partial charge in [-0.05, 0) is 41.2 Å². The van der Waals surface area contributed by atoms with E-state index in [2.05, 4.69) is 38.2 Å². The maximum absolute atomic E-state index is 12.2. The van der Waals surface area contributed by atoms with Gasteiger partial charge in [-0.3, -0.25) is 4.79 Å². The molecule has 0 heterocycles. The van der Waals surface area contributed by atoms with Crippen molar-refractivity contribution < 1.29 is 4.79 Å². The maximum atomic E-state index is 12.2. The summed E-state index contributed by atoms with van der Waals surface area (Å²) >= 11 is 5.89. The predicted octanol–water partition coefficient (Wildman–Crippen LogP) is 5.06. The fraction of sp³-hybridized carbons (Fsp3) is 0.350. The smallest absolute Gasteiger partial charge is 0.224 e. The van der Waals surface area contributed by atoms with Gasteiger partial charge in [-0.25, -0.2) is 0 Å². The van der Waals surface area contributed by atoms with Crippen molar-refractivity contribution in [2.24, 2.45) is 0 Å². The van der Waals surface area contributed by atoms with Crippen LogP contribution in [0.3, 0.4) is 0 Å². The standard InChI is InChI=1S/C20H24ClNO/c1-14(16-7-11-18(21)12-8-16)22-19(23)13-15-5-9-17(10-6-15)20(2,3)4/h5-12,14H,13H2,1-4H3,(H,22,23)/t14-/m1/s1. The normalized spacial score (nSPS) is 12.7. The Bertz CT molecular complexity index is 654. The average Bonchev–Trinajstić information content (AvgIpc) is 2.47. The van der Waals surface area contributed by atoms with Gasteiger partial charge in [0, 0.05) is 5.02 Å². The van der Waals surface area contributed by atoms with Crippen molar-refractivity contribution in [3.63, 3.8) is 0 Å². The van der Waals surface area contributed by atoms with Gasteiger partial charge in [0.05, 0.1) is 12.5 Å². The molecule has 1 atom stereocenters. The Balaban J connectivity index is 1.95. The Kier molecular flexibility index (Phi) is 5.48. The maximum Gasteiger partial charge on any atom is 0.224 e. The fourth-order valence-corrected chi connectivity index (χ4v) is 2.56. The highest BCUT2D eigenvalue weighted by molar-refractivity contribution is 6.30. The highest BCUT2D eigenvalue weighted by Gasteiger charge is 2.14. The van der Waals surface area contributed by atoms with Crippen LogP contribution in [0, 0.1) is 0 Å². The summed E-state index contributed by atoms with van der Waals surface area (Å²) in [4.78, 5) is 12.2. The second-order valence-corrected chi connectivity index (χ2v) is 7.40. The number of carbonyl (C=O) groups excluding carboxylic acids is 1. The summed E-state index contributed by atoms with van der Waals surface area (Å²) in [7, 11) is 0. The Hall–Kier alpha value is -1.80. The monoisotopic (exact) mass is 329 g/mol. The number of amides is 1. The summed E-state index contributed by atoms with van der Waals surface area (Å²) in [5, 5.41) is 3.73. The first-order valence-corrected chi connectivity index (χ1v) is 8.28. The number of benzene rings is 2. The molecule has 0 bridgehead atoms. The van der Waals surface area contributed by atoms with Gasteiger partial charge >= 0.3 is 0 Å². The number of hydrogen-bond donors (Lipinski definition) is 1. The molecule has 0 saturated carbocycles. The minimum Gasteiger partial charge on any atom is -0.349 e. The van der Waals surface area contributed by atoms with Gasteiger partial charge in [-0.15, -0.1) is 0 Å². The third kappa shape index (κ3) is 5.11. The molecule has 3 heteroatoms. The zero-order valence-electron chi connectivity index (χ0n) is 14.2. The molecule has 0 aliphatic carbocycles. The van der Waals surface area contributed by atoms with E-state index in [1.54, 1.807) is 0 Å². The lowest BCUT2D eigenvalue weighted by molar-refractivity contribution is -0.121. The molecular formula is C20H24ClNO. The summed E-state index contributed by atoms with van der Waals surface area (Å²) in [6.07, 6.45) is 0.391. The lowest BCUT2D eigenvalue weighted by Crippen LogP contribution is -2.28. The molecule has 2 aromatic carbocycles. The van der Waals surface area contributed by atoms with Crippen LogP contribution in [0.15, 0.2) is 48.5 Å². The van der Waals surface area contributed by atoms with E-state index in [4.69, 9.17) is 11.6 Å². The van der Waals surface area contributed by atoms with Crippen LogP contribution in [0.1, 0.15) is 50.4 Å². The molecule has 1 amide bonds. The highest BCUT2D eigenvalue weighted by Crippen LogP contribution is 2.22. The highest BCUT2D eigenvalue weighted by atomic mass is 35.5. The fourth-order valence-electron chi connectivity index (χ4n) is 2.44. The van der Waals surface area contributed by atoms with Crippen molar-refractivity contribution in [1.82, 2.24) is 5.32 Å². The first-order chi connectivity index (χ1) is 10.8. The zero-order chi connectivity index (χ0) is 17.0. The van der Waals surface area contributed by atoms with Gasteiger partial charge in [0.15, 0.2) is 0 Å². The van der Waals surface area contributed by atoms with E-state index in [-0.39, 0.29) is 17.4 Å². The molecular weight excluding hydrogens is 306 g/mol. The zero-order valence-corrected chi connectivity index (χ0v) is 14.9. The predicted molar refractivity (Wildman–Crippen MR) is 96.9 cm³/mol. The minimum absolute atomic E-state index is 0.0240. The minimum atomic E-state index is -0.0337. The molecule has 1 N–H and O–H groups in total. The van der Waals surface area contributed by atoms with Gasteiger partial charge in [0.2, 0.25) is 5.91 Å². The Morgan fingerprint density at radius 1 is 1.04 bits per heavy atom. The van der Waals surface area contributed by atoms with Crippen molar-refractivity contribution in [3.8, 4) is 0 Å². The second kappa shape index (κ2) is 7.18. The van der Waals surface area contributed by atoms with Crippen LogP contribution in [0.2, 0.25) is 5.02 Å². The van der Waals surface area contributed by atoms with E-state index in [1.807, 2.05) is 43.3 Å². The number of hydrogen-bond acceptors (Lipinski definition) is 1. The summed E-state index contributed by atoms with van der Waals surface area (Å²) in [6, 6.07) is 15.8. The molecule has 0 aliphatic heterocycles. The van der Waals surface area contributed by atoms with Crippen LogP contribution >= 0.6 is 11.6 Å². The summed E-state index contributed by atoms with van der Waals surface area (Å²) in [6.45, 7) is 8.53. The van der Waals surface area contributed by atoms with Crippen LogP contribution < -0.4 is 5.32 Å². The van der Waals surface area contributed by atoms with Gasteiger partial charge in [0.1, 0.15) is 0 Å². The van der Waals surface area contributed by atoms with Gasteiger partial charge in [-0.2, -0.15) is 0 Å². The number of halogens is 1. The third-order valence-corrected chi connectivity index (χ3v) is 4.18. The quantitative estimate of drug-likeness (QED) is 0.834. The van der Waals surface area contributed by atoms with Crippen LogP contribution in [0.4, 0.5) is 0 Å². The van der Waals surface area contributed by atoms with E-state index in [0.29, 0.717) is 11.4 Å². The van der Waals surface area contributed by atoms with Gasteiger partial charge in [0.25, 0.3) is 0 Å². The van der Waals surface area contributed by atoms with E-state index in [9.17, 15) is 4.79 Å². The Labute approximate surface area is 143 Å². The molecule has 2 nitrogen and oxygen atoms in total. The largest absolute Gasteiger partial charge is 0.349 e. The number of carbonyl (C=O) groups is 1. The molecule has 23 heavy (non-hydrogen) atoms. The Morgan fingerprint density at radius 3 is 2.13 bits per heavy atom. The topological polar surface area (TPSA) is 29.1 Å². The van der Waals surface area contributed by atoms with Crippen molar-refractivity contribution >= 4 is 17.5 Å². The van der Waals surface area contributed by atoms with Crippen molar-refractivity contribution in [2.45, 2.75) is 45.6 Å². The van der Waals surface area contributed by atoms with Crippen LogP contribution in [-0.4, -0.2) is 5.91 Å². The molecule has 0 spiro atoms. The molecule has 0 aliphatic rings. The van der Waals surface area contributed by atoms with Crippen molar-refractivity contribution in [1.29, 1.82) is 0 Å². The lowest BCUT2D eigenvalue weighted by Gasteiger charge is -2.19. The molecule has 122 valence electrons. The molecule has 0 radical (unpaired) electrons. The summed E-state index contributed by atoms with van der Waals surface area (Å²) in [5.74, 6) is 0.0240. The molecule has 0 aromatic heterocycles. The summed E-state index contributed by atoms with van der Waals surface area (Å²) < 4.78 is 0. The second-order valence-electron chi connectivity index (χ2n) is 6.96. The molecule has 0 unspecified atom stereocenters. The Morgan fingerprint density at radius 2 is 1.61 bits per heavy atom. The molecule has 0 saturated heterocycles. The van der Waals surface area contributed by atoms with E-state index in [1.165, 1.54) is 5.56 Å². The first-order valence-electron chi connectivity index (χ1n) is 7.90.